The molecule has 50 heavy (non-hydrogen) atoms. The van der Waals surface area contributed by atoms with E-state index in [1.54, 1.807) is 11.3 Å². The minimum Gasteiger partial charge on any atom is -0.309 e. The highest BCUT2D eigenvalue weighted by atomic mass is 32.1. The number of hydrogen-bond donors (Lipinski definition) is 0. The Hall–Kier alpha value is -6.36. The Kier molecular flexibility index (Phi) is 6.68. The maximum atomic E-state index is 5.23. The van der Waals surface area contributed by atoms with Gasteiger partial charge in [-0.1, -0.05) is 127 Å². The van der Waals surface area contributed by atoms with Crippen molar-refractivity contribution in [3.05, 3.63) is 176 Å². The Balaban J connectivity index is 1.07. The zero-order valence-corrected chi connectivity index (χ0v) is 27.8. The van der Waals surface area contributed by atoms with Gasteiger partial charge in [-0.3, -0.25) is 0 Å². The molecule has 0 atom stereocenters. The average molecular weight is 656 g/mol. The van der Waals surface area contributed by atoms with Crippen molar-refractivity contribution in [3.63, 3.8) is 0 Å². The summed E-state index contributed by atoms with van der Waals surface area (Å²) in [6.07, 6.45) is 0. The Bertz CT molecular complexity index is 2870. The van der Waals surface area contributed by atoms with Gasteiger partial charge in [-0.2, -0.15) is 0 Å². The quantitative estimate of drug-likeness (QED) is 0.185. The number of hydrogen-bond acceptors (Lipinski definition) is 3. The molecule has 10 aromatic rings. The molecular formula is C46H29N3S. The van der Waals surface area contributed by atoms with Crippen molar-refractivity contribution < 1.29 is 0 Å². The van der Waals surface area contributed by atoms with Gasteiger partial charge in [-0.05, 0) is 70.8 Å². The monoisotopic (exact) mass is 655 g/mol. The van der Waals surface area contributed by atoms with Crippen LogP contribution in [0, 0.1) is 0 Å². The molecule has 0 unspecified atom stereocenters. The lowest BCUT2D eigenvalue weighted by Gasteiger charge is -2.10. The SMILES string of the molecule is c1ccc(-c2nc(-c3cccc(-c4cccc(-c5ccc6c(c5)c5ccccc5n6-c5ccccc5)c4)c3)nc3sc4ccccc4c23)cc1. The zero-order valence-electron chi connectivity index (χ0n) is 27.0. The van der Waals surface area contributed by atoms with E-state index >= 15 is 0 Å². The molecule has 0 aliphatic heterocycles. The predicted octanol–water partition coefficient (Wildman–Crippen LogP) is 12.6. The van der Waals surface area contributed by atoms with Gasteiger partial charge in [0.2, 0.25) is 0 Å². The standard InChI is InChI=1S/C46H29N3S/c1-3-13-30(14-4-1)44-43-38-22-8-10-24-42(38)50-46(43)48-45(47-44)35-18-12-17-33(28-35)31-15-11-16-32(27-31)34-25-26-41-39(29-34)37-21-7-9-23-40(37)49(41)36-19-5-2-6-20-36/h1-29H. The second-order valence-electron chi connectivity index (χ2n) is 12.6. The van der Waals surface area contributed by atoms with Crippen LogP contribution in [-0.4, -0.2) is 14.5 Å². The van der Waals surface area contributed by atoms with Crippen LogP contribution in [-0.2, 0) is 0 Å². The second kappa shape index (κ2) is 11.7. The van der Waals surface area contributed by atoms with E-state index in [4.69, 9.17) is 9.97 Å². The molecule has 0 radical (unpaired) electrons. The number of rotatable bonds is 5. The van der Waals surface area contributed by atoms with E-state index < -0.39 is 0 Å². The maximum absolute atomic E-state index is 5.23. The van der Waals surface area contributed by atoms with Crippen molar-refractivity contribution in [1.82, 2.24) is 14.5 Å². The van der Waals surface area contributed by atoms with Crippen LogP contribution in [0.15, 0.2) is 176 Å². The van der Waals surface area contributed by atoms with Gasteiger partial charge < -0.3 is 4.57 Å². The Morgan fingerprint density at radius 1 is 0.400 bits per heavy atom. The molecule has 0 spiro atoms. The molecule has 3 nitrogen and oxygen atoms in total. The number of para-hydroxylation sites is 2. The van der Waals surface area contributed by atoms with Crippen LogP contribution in [0.4, 0.5) is 0 Å². The maximum Gasteiger partial charge on any atom is 0.161 e. The third-order valence-electron chi connectivity index (χ3n) is 9.62. The first kappa shape index (κ1) is 28.6. The molecular weight excluding hydrogens is 627 g/mol. The van der Waals surface area contributed by atoms with Gasteiger partial charge in [-0.25, -0.2) is 9.97 Å². The van der Waals surface area contributed by atoms with E-state index in [0.29, 0.717) is 0 Å². The van der Waals surface area contributed by atoms with Gasteiger partial charge in [0.1, 0.15) is 4.83 Å². The smallest absolute Gasteiger partial charge is 0.161 e. The van der Waals surface area contributed by atoms with Crippen LogP contribution < -0.4 is 0 Å². The summed E-state index contributed by atoms with van der Waals surface area (Å²) in [7, 11) is 0. The highest BCUT2D eigenvalue weighted by Gasteiger charge is 2.17. The first-order valence-electron chi connectivity index (χ1n) is 16.8. The molecule has 0 saturated heterocycles. The first-order chi connectivity index (χ1) is 24.8. The molecule has 3 aromatic heterocycles. The molecule has 0 bridgehead atoms. The van der Waals surface area contributed by atoms with Crippen LogP contribution in [0.25, 0.3) is 92.7 Å². The molecule has 0 amide bonds. The van der Waals surface area contributed by atoms with E-state index in [9.17, 15) is 0 Å². The van der Waals surface area contributed by atoms with Crippen LogP contribution in [0.2, 0.25) is 0 Å². The first-order valence-corrected chi connectivity index (χ1v) is 17.6. The topological polar surface area (TPSA) is 30.7 Å². The predicted molar refractivity (Wildman–Crippen MR) is 211 cm³/mol. The number of nitrogens with zero attached hydrogens (tertiary/aromatic N) is 3. The summed E-state index contributed by atoms with van der Waals surface area (Å²) < 4.78 is 3.58. The van der Waals surface area contributed by atoms with Gasteiger partial charge in [0.05, 0.1) is 16.7 Å². The summed E-state index contributed by atoms with van der Waals surface area (Å²) in [5.74, 6) is 0.737. The third kappa shape index (κ3) is 4.73. The molecule has 0 saturated carbocycles. The van der Waals surface area contributed by atoms with Gasteiger partial charge in [0.15, 0.2) is 5.82 Å². The fraction of sp³-hybridized carbons (Fsp3) is 0. The van der Waals surface area contributed by atoms with E-state index in [-0.39, 0.29) is 0 Å². The van der Waals surface area contributed by atoms with Gasteiger partial charge in [0.25, 0.3) is 0 Å². The molecule has 0 aliphatic carbocycles. The fourth-order valence-corrected chi connectivity index (χ4v) is 8.36. The van der Waals surface area contributed by atoms with E-state index in [1.807, 2.05) is 6.07 Å². The Morgan fingerprint density at radius 2 is 0.980 bits per heavy atom. The molecule has 4 heteroatoms. The summed E-state index contributed by atoms with van der Waals surface area (Å²) in [5.41, 5.74) is 11.3. The number of aromatic nitrogens is 3. The summed E-state index contributed by atoms with van der Waals surface area (Å²) in [6, 6.07) is 62.6. The lowest BCUT2D eigenvalue weighted by Crippen LogP contribution is -1.94. The minimum atomic E-state index is 0.737. The van der Waals surface area contributed by atoms with Crippen LogP contribution >= 0.6 is 11.3 Å². The highest BCUT2D eigenvalue weighted by Crippen LogP contribution is 2.40. The summed E-state index contributed by atoms with van der Waals surface area (Å²) in [4.78, 5) is 11.4. The number of benzene rings is 7. The largest absolute Gasteiger partial charge is 0.309 e. The zero-order chi connectivity index (χ0) is 33.0. The molecule has 0 N–H and O–H groups in total. The average Bonchev–Trinajstić information content (AvgIpc) is 3.74. The van der Waals surface area contributed by atoms with Crippen molar-refractivity contribution >= 4 is 53.4 Å². The second-order valence-corrected chi connectivity index (χ2v) is 13.7. The summed E-state index contributed by atoms with van der Waals surface area (Å²) in [6.45, 7) is 0. The Labute approximate surface area is 293 Å². The summed E-state index contributed by atoms with van der Waals surface area (Å²) >= 11 is 1.73. The molecule has 234 valence electrons. The van der Waals surface area contributed by atoms with Gasteiger partial charge in [0, 0.05) is 43.1 Å². The molecule has 0 aliphatic rings. The molecule has 3 heterocycles. The normalized spacial score (nSPS) is 11.6. The molecule has 0 fully saturated rings. The lowest BCUT2D eigenvalue weighted by atomic mass is 9.97. The van der Waals surface area contributed by atoms with Gasteiger partial charge >= 0.3 is 0 Å². The van der Waals surface area contributed by atoms with Crippen molar-refractivity contribution in [3.8, 4) is 50.6 Å². The minimum absolute atomic E-state index is 0.737. The van der Waals surface area contributed by atoms with Crippen LogP contribution in [0.5, 0.6) is 0 Å². The summed E-state index contributed by atoms with van der Waals surface area (Å²) in [5, 5.41) is 4.82. The van der Waals surface area contributed by atoms with Crippen LogP contribution in [0.1, 0.15) is 0 Å². The third-order valence-corrected chi connectivity index (χ3v) is 10.7. The molecule has 10 rings (SSSR count). The molecule has 7 aromatic carbocycles. The highest BCUT2D eigenvalue weighted by molar-refractivity contribution is 7.25. The number of thiophene rings is 1. The Morgan fingerprint density at radius 3 is 1.76 bits per heavy atom. The van der Waals surface area contributed by atoms with Crippen molar-refractivity contribution in [2.75, 3.05) is 0 Å². The fourth-order valence-electron chi connectivity index (χ4n) is 7.28. The van der Waals surface area contributed by atoms with Crippen molar-refractivity contribution in [2.24, 2.45) is 0 Å². The van der Waals surface area contributed by atoms with E-state index in [0.717, 1.165) is 44.0 Å². The number of fused-ring (bicyclic) bond motifs is 6. The van der Waals surface area contributed by atoms with E-state index in [2.05, 4.69) is 174 Å². The van der Waals surface area contributed by atoms with E-state index in [1.165, 1.54) is 48.7 Å². The lowest BCUT2D eigenvalue weighted by molar-refractivity contribution is 1.18. The van der Waals surface area contributed by atoms with Crippen molar-refractivity contribution in [2.45, 2.75) is 0 Å². The van der Waals surface area contributed by atoms with Crippen molar-refractivity contribution in [1.29, 1.82) is 0 Å². The van der Waals surface area contributed by atoms with Crippen LogP contribution in [0.3, 0.4) is 0 Å². The van der Waals surface area contributed by atoms with Gasteiger partial charge in [-0.15, -0.1) is 11.3 Å².